The van der Waals surface area contributed by atoms with E-state index >= 15 is 0 Å². The van der Waals surface area contributed by atoms with Crippen molar-refractivity contribution in [2.45, 2.75) is 5.60 Å². The SMILES string of the molecule is COC1(C(=O)c2ccccc2)C=CC=CC1C(=O)O. The summed E-state index contributed by atoms with van der Waals surface area (Å²) < 4.78 is 5.30. The molecule has 4 heteroatoms. The van der Waals surface area contributed by atoms with E-state index in [1.54, 1.807) is 42.5 Å². The zero-order valence-corrected chi connectivity index (χ0v) is 10.4. The number of ether oxygens (including phenoxy) is 1. The van der Waals surface area contributed by atoms with Crippen LogP contribution in [-0.4, -0.2) is 29.6 Å². The minimum absolute atomic E-state index is 0.358. The first-order chi connectivity index (χ1) is 9.12. The Labute approximate surface area is 111 Å². The van der Waals surface area contributed by atoms with Crippen molar-refractivity contribution < 1.29 is 19.4 Å². The molecule has 0 fully saturated rings. The number of aliphatic carboxylic acids is 1. The first-order valence-electron chi connectivity index (χ1n) is 5.85. The van der Waals surface area contributed by atoms with Crippen LogP contribution < -0.4 is 0 Å². The molecule has 0 spiro atoms. The number of carboxylic acid groups (broad SMARTS) is 1. The van der Waals surface area contributed by atoms with Gasteiger partial charge in [-0.05, 0) is 6.08 Å². The fourth-order valence-corrected chi connectivity index (χ4v) is 2.21. The summed E-state index contributed by atoms with van der Waals surface area (Å²) >= 11 is 0. The molecule has 1 aromatic rings. The minimum Gasteiger partial charge on any atom is -0.481 e. The smallest absolute Gasteiger partial charge is 0.314 e. The largest absolute Gasteiger partial charge is 0.481 e. The van der Waals surface area contributed by atoms with Crippen LogP contribution >= 0.6 is 0 Å². The Hall–Kier alpha value is -2.20. The zero-order valence-electron chi connectivity index (χ0n) is 10.4. The molecule has 1 aliphatic rings. The summed E-state index contributed by atoms with van der Waals surface area (Å²) in [5.41, 5.74) is -1.06. The van der Waals surface area contributed by atoms with Crippen LogP contribution in [0.2, 0.25) is 0 Å². The van der Waals surface area contributed by atoms with Crippen LogP contribution in [0.4, 0.5) is 0 Å². The highest BCUT2D eigenvalue weighted by Gasteiger charge is 2.47. The summed E-state index contributed by atoms with van der Waals surface area (Å²) in [5.74, 6) is -2.48. The third-order valence-corrected chi connectivity index (χ3v) is 3.22. The van der Waals surface area contributed by atoms with E-state index in [1.165, 1.54) is 19.3 Å². The third-order valence-electron chi connectivity index (χ3n) is 3.22. The van der Waals surface area contributed by atoms with Crippen molar-refractivity contribution in [1.82, 2.24) is 0 Å². The fourth-order valence-electron chi connectivity index (χ4n) is 2.21. The van der Waals surface area contributed by atoms with Gasteiger partial charge in [0.05, 0.1) is 0 Å². The molecule has 0 heterocycles. The monoisotopic (exact) mass is 258 g/mol. The quantitative estimate of drug-likeness (QED) is 0.840. The highest BCUT2D eigenvalue weighted by molar-refractivity contribution is 6.07. The number of ketones is 1. The van der Waals surface area contributed by atoms with E-state index in [1.807, 2.05) is 0 Å². The van der Waals surface area contributed by atoms with Gasteiger partial charge in [0.25, 0.3) is 0 Å². The number of hydrogen-bond acceptors (Lipinski definition) is 3. The van der Waals surface area contributed by atoms with E-state index in [4.69, 9.17) is 4.74 Å². The van der Waals surface area contributed by atoms with Crippen LogP contribution in [0.5, 0.6) is 0 Å². The number of Topliss-reactive ketones (excluding diaryl/α,β-unsaturated/α-hetero) is 1. The highest BCUT2D eigenvalue weighted by atomic mass is 16.5. The Morgan fingerprint density at radius 3 is 2.47 bits per heavy atom. The van der Waals surface area contributed by atoms with Crippen molar-refractivity contribution in [1.29, 1.82) is 0 Å². The number of carbonyl (C=O) groups is 2. The molecule has 2 atom stereocenters. The summed E-state index contributed by atoms with van der Waals surface area (Å²) in [4.78, 5) is 23.9. The van der Waals surface area contributed by atoms with Gasteiger partial charge >= 0.3 is 5.97 Å². The van der Waals surface area contributed by atoms with Crippen LogP contribution in [0.1, 0.15) is 10.4 Å². The molecule has 1 aromatic carbocycles. The van der Waals surface area contributed by atoms with Crippen molar-refractivity contribution in [3.05, 3.63) is 60.2 Å². The van der Waals surface area contributed by atoms with E-state index < -0.39 is 17.5 Å². The van der Waals surface area contributed by atoms with Crippen LogP contribution in [0.25, 0.3) is 0 Å². The maximum Gasteiger partial charge on any atom is 0.314 e. The second kappa shape index (κ2) is 5.20. The maximum atomic E-state index is 12.6. The van der Waals surface area contributed by atoms with Gasteiger partial charge in [0.1, 0.15) is 5.92 Å². The van der Waals surface area contributed by atoms with Gasteiger partial charge in [0.15, 0.2) is 11.4 Å². The molecule has 1 N–H and O–H groups in total. The maximum absolute atomic E-state index is 12.6. The molecule has 2 rings (SSSR count). The van der Waals surface area contributed by atoms with Gasteiger partial charge in [0.2, 0.25) is 0 Å². The molecular weight excluding hydrogens is 244 g/mol. The predicted molar refractivity (Wildman–Crippen MR) is 69.9 cm³/mol. The van der Waals surface area contributed by atoms with E-state index in [2.05, 4.69) is 0 Å². The summed E-state index contributed by atoms with van der Waals surface area (Å²) in [7, 11) is 1.35. The Kier molecular flexibility index (Phi) is 3.62. The van der Waals surface area contributed by atoms with Gasteiger partial charge < -0.3 is 9.84 Å². The number of allylic oxidation sites excluding steroid dienone is 2. The van der Waals surface area contributed by atoms with Gasteiger partial charge in [-0.1, -0.05) is 48.6 Å². The molecule has 0 bridgehead atoms. The van der Waals surface area contributed by atoms with Gasteiger partial charge in [-0.15, -0.1) is 0 Å². The molecule has 1 aliphatic carbocycles. The Bertz CT molecular complexity index is 545. The molecular formula is C15H14O4. The molecule has 0 aromatic heterocycles. The van der Waals surface area contributed by atoms with Crippen molar-refractivity contribution in [3.8, 4) is 0 Å². The van der Waals surface area contributed by atoms with E-state index in [-0.39, 0.29) is 5.78 Å². The number of hydrogen-bond donors (Lipinski definition) is 1. The standard InChI is InChI=1S/C15H14O4/c1-19-15(10-6-5-9-12(15)14(17)18)13(16)11-7-3-2-4-8-11/h2-10,12H,1H3,(H,17,18). The Morgan fingerprint density at radius 1 is 1.21 bits per heavy atom. The molecule has 0 amide bonds. The minimum atomic E-state index is -1.48. The van der Waals surface area contributed by atoms with Gasteiger partial charge in [-0.25, -0.2) is 0 Å². The van der Waals surface area contributed by atoms with Gasteiger partial charge in [0, 0.05) is 12.7 Å². The van der Waals surface area contributed by atoms with Crippen LogP contribution in [-0.2, 0) is 9.53 Å². The molecule has 0 saturated heterocycles. The molecule has 19 heavy (non-hydrogen) atoms. The average molecular weight is 258 g/mol. The molecule has 4 nitrogen and oxygen atoms in total. The highest BCUT2D eigenvalue weighted by Crippen LogP contribution is 2.32. The van der Waals surface area contributed by atoms with Gasteiger partial charge in [-0.2, -0.15) is 0 Å². The lowest BCUT2D eigenvalue weighted by atomic mass is 9.78. The van der Waals surface area contributed by atoms with Crippen molar-refractivity contribution in [2.75, 3.05) is 7.11 Å². The first kappa shape index (κ1) is 13.2. The Balaban J connectivity index is 2.48. The average Bonchev–Trinajstić information content (AvgIpc) is 2.47. The molecule has 98 valence electrons. The Morgan fingerprint density at radius 2 is 1.89 bits per heavy atom. The number of carboxylic acids is 1. The summed E-state index contributed by atoms with van der Waals surface area (Å²) in [6.45, 7) is 0. The molecule has 0 saturated carbocycles. The van der Waals surface area contributed by atoms with E-state index in [9.17, 15) is 14.7 Å². The second-order valence-electron chi connectivity index (χ2n) is 4.25. The summed E-state index contributed by atoms with van der Waals surface area (Å²) in [5, 5.41) is 9.28. The van der Waals surface area contributed by atoms with Crippen molar-refractivity contribution in [2.24, 2.45) is 5.92 Å². The molecule has 0 aliphatic heterocycles. The van der Waals surface area contributed by atoms with E-state index in [0.29, 0.717) is 5.56 Å². The lowest BCUT2D eigenvalue weighted by Gasteiger charge is -2.33. The summed E-state index contributed by atoms with van der Waals surface area (Å²) in [6.07, 6.45) is 6.20. The molecule has 2 unspecified atom stereocenters. The molecule has 0 radical (unpaired) electrons. The second-order valence-corrected chi connectivity index (χ2v) is 4.25. The lowest BCUT2D eigenvalue weighted by molar-refractivity contribution is -0.145. The predicted octanol–water partition coefficient (Wildman–Crippen LogP) is 2.08. The van der Waals surface area contributed by atoms with Crippen LogP contribution in [0.15, 0.2) is 54.6 Å². The fraction of sp³-hybridized carbons (Fsp3) is 0.200. The zero-order chi connectivity index (χ0) is 13.9. The van der Waals surface area contributed by atoms with Crippen molar-refractivity contribution in [3.63, 3.8) is 0 Å². The summed E-state index contributed by atoms with van der Waals surface area (Å²) in [6, 6.07) is 8.55. The normalized spacial score (nSPS) is 25.2. The number of rotatable bonds is 4. The van der Waals surface area contributed by atoms with Crippen LogP contribution in [0, 0.1) is 5.92 Å². The number of methoxy groups -OCH3 is 1. The number of benzene rings is 1. The van der Waals surface area contributed by atoms with Crippen LogP contribution in [0.3, 0.4) is 0 Å². The number of carbonyl (C=O) groups excluding carboxylic acids is 1. The topological polar surface area (TPSA) is 63.6 Å². The van der Waals surface area contributed by atoms with E-state index in [0.717, 1.165) is 0 Å². The first-order valence-corrected chi connectivity index (χ1v) is 5.85. The third kappa shape index (κ3) is 2.22. The van der Waals surface area contributed by atoms with Crippen molar-refractivity contribution >= 4 is 11.8 Å². The lowest BCUT2D eigenvalue weighted by Crippen LogP contribution is -2.49. The van der Waals surface area contributed by atoms with Gasteiger partial charge in [-0.3, -0.25) is 9.59 Å².